The Morgan fingerprint density at radius 2 is 2.12 bits per heavy atom. The average molecular weight is 439 g/mol. The average Bonchev–Trinajstić information content (AvgIpc) is 3.26. The number of fused-ring (bicyclic) bond motifs is 1. The predicted molar refractivity (Wildman–Crippen MR) is 119 cm³/mol. The van der Waals surface area contributed by atoms with E-state index in [0.29, 0.717) is 11.3 Å². The van der Waals surface area contributed by atoms with E-state index in [4.69, 9.17) is 9.72 Å². The highest BCUT2D eigenvalue weighted by Crippen LogP contribution is 2.30. The van der Waals surface area contributed by atoms with Gasteiger partial charge in [0.2, 0.25) is 0 Å². The number of aromatic nitrogens is 3. The number of anilines is 1. The Morgan fingerprint density at radius 3 is 2.91 bits per heavy atom. The van der Waals surface area contributed by atoms with Crippen LogP contribution < -0.4 is 10.1 Å². The van der Waals surface area contributed by atoms with Gasteiger partial charge < -0.3 is 15.2 Å². The number of carboxylic acids is 1. The zero-order valence-electron chi connectivity index (χ0n) is 18.0. The molecule has 0 radical (unpaired) electrons. The number of methoxy groups -OCH3 is 1. The number of aromatic amines is 1. The van der Waals surface area contributed by atoms with E-state index < -0.39 is 17.7 Å². The van der Waals surface area contributed by atoms with Crippen LogP contribution in [0, 0.1) is 5.82 Å². The molecule has 0 amide bonds. The maximum absolute atomic E-state index is 14.2. The van der Waals surface area contributed by atoms with E-state index in [0.717, 1.165) is 55.9 Å². The highest BCUT2D eigenvalue weighted by molar-refractivity contribution is 5.69. The fourth-order valence-electron chi connectivity index (χ4n) is 4.12. The number of nitrogens with one attached hydrogen (secondary N) is 2. The highest BCUT2D eigenvalue weighted by Gasteiger charge is 2.22. The summed E-state index contributed by atoms with van der Waals surface area (Å²) in [7, 11) is 1.39. The van der Waals surface area contributed by atoms with Crippen LogP contribution in [0.15, 0.2) is 36.4 Å². The molecule has 32 heavy (non-hydrogen) atoms. The van der Waals surface area contributed by atoms with E-state index in [2.05, 4.69) is 27.6 Å². The maximum atomic E-state index is 14.2. The molecule has 7 nitrogen and oxygen atoms in total. The van der Waals surface area contributed by atoms with Crippen molar-refractivity contribution in [3.8, 4) is 5.75 Å². The topological polar surface area (TPSA) is 100 Å². The molecule has 2 aromatic heterocycles. The minimum Gasteiger partial charge on any atom is -0.494 e. The summed E-state index contributed by atoms with van der Waals surface area (Å²) < 4.78 is 19.2. The van der Waals surface area contributed by atoms with E-state index in [1.54, 1.807) is 6.07 Å². The Kier molecular flexibility index (Phi) is 6.68. The van der Waals surface area contributed by atoms with Crippen molar-refractivity contribution in [3.63, 3.8) is 0 Å². The van der Waals surface area contributed by atoms with Crippen molar-refractivity contribution in [1.29, 1.82) is 0 Å². The van der Waals surface area contributed by atoms with Crippen LogP contribution in [0.1, 0.15) is 53.4 Å². The summed E-state index contributed by atoms with van der Waals surface area (Å²) in [6.07, 6.45) is 4.52. The molecule has 0 bridgehead atoms. The smallest absolute Gasteiger partial charge is 0.304 e. The van der Waals surface area contributed by atoms with Gasteiger partial charge >= 0.3 is 5.97 Å². The van der Waals surface area contributed by atoms with Gasteiger partial charge in [-0.25, -0.2) is 9.37 Å². The Bertz CT molecular complexity index is 1100. The second-order valence-corrected chi connectivity index (χ2v) is 8.06. The van der Waals surface area contributed by atoms with Crippen molar-refractivity contribution in [1.82, 2.24) is 15.2 Å². The second-order valence-electron chi connectivity index (χ2n) is 8.06. The van der Waals surface area contributed by atoms with Gasteiger partial charge in [-0.1, -0.05) is 12.1 Å². The van der Waals surface area contributed by atoms with Gasteiger partial charge in [-0.2, -0.15) is 5.10 Å². The Hall–Kier alpha value is -3.42. The number of hydrogen-bond donors (Lipinski definition) is 3. The summed E-state index contributed by atoms with van der Waals surface area (Å²) in [5, 5.41) is 20.1. The molecule has 8 heteroatoms. The van der Waals surface area contributed by atoms with Crippen LogP contribution >= 0.6 is 0 Å². The summed E-state index contributed by atoms with van der Waals surface area (Å²) in [4.78, 5) is 16.2. The number of H-pyrrole nitrogens is 1. The van der Waals surface area contributed by atoms with Crippen LogP contribution in [-0.4, -0.2) is 39.9 Å². The number of carboxylic acid groups (broad SMARTS) is 1. The summed E-state index contributed by atoms with van der Waals surface area (Å²) >= 11 is 0. The van der Waals surface area contributed by atoms with Gasteiger partial charge in [0.1, 0.15) is 5.82 Å². The molecule has 1 aliphatic heterocycles. The van der Waals surface area contributed by atoms with Crippen molar-refractivity contribution >= 4 is 11.8 Å². The third-order valence-electron chi connectivity index (χ3n) is 5.80. The largest absolute Gasteiger partial charge is 0.494 e. The molecule has 0 spiro atoms. The lowest BCUT2D eigenvalue weighted by atomic mass is 9.92. The first-order chi connectivity index (χ1) is 15.5. The van der Waals surface area contributed by atoms with Crippen molar-refractivity contribution < 1.29 is 19.0 Å². The first-order valence-electron chi connectivity index (χ1n) is 10.9. The molecule has 0 unspecified atom stereocenters. The number of benzene rings is 1. The molecule has 0 saturated carbocycles. The third kappa shape index (κ3) is 5.07. The van der Waals surface area contributed by atoms with Crippen molar-refractivity contribution in [2.75, 3.05) is 19.0 Å². The molecule has 1 atom stereocenters. The molecule has 3 aromatic rings. The zero-order valence-corrected chi connectivity index (χ0v) is 18.0. The summed E-state index contributed by atoms with van der Waals surface area (Å²) in [6, 6.07) is 10.6. The highest BCUT2D eigenvalue weighted by atomic mass is 19.1. The molecule has 0 fully saturated rings. The number of ether oxygens (including phenoxy) is 1. The number of hydrogen-bond acceptors (Lipinski definition) is 5. The molecule has 0 aliphatic carbocycles. The molecule has 3 N–H and O–H groups in total. The number of halogens is 1. The van der Waals surface area contributed by atoms with E-state index in [-0.39, 0.29) is 12.2 Å². The quantitative estimate of drug-likeness (QED) is 0.465. The standard InChI is InChI=1S/C24H27FN4O3/c1-32-22-10-8-16(12-20(22)25)19(14-23(30)31)21-13-18(28-29-21)6-2-5-17-9-7-15-4-3-11-26-24(15)27-17/h7-10,12-13,19H,2-6,11,14H2,1H3,(H,26,27)(H,28,29)(H,30,31)/t19-/m0/s1. The Labute approximate surface area is 186 Å². The van der Waals surface area contributed by atoms with E-state index in [1.165, 1.54) is 24.8 Å². The monoisotopic (exact) mass is 438 g/mol. The number of pyridine rings is 1. The third-order valence-corrected chi connectivity index (χ3v) is 5.80. The molecule has 0 saturated heterocycles. The fraction of sp³-hybridized carbons (Fsp3) is 0.375. The molecule has 3 heterocycles. The fourth-order valence-corrected chi connectivity index (χ4v) is 4.12. The number of carbonyl (C=O) groups is 1. The lowest BCUT2D eigenvalue weighted by Crippen LogP contribution is -2.14. The minimum absolute atomic E-state index is 0.122. The second kappa shape index (κ2) is 9.80. The first kappa shape index (κ1) is 21.8. The van der Waals surface area contributed by atoms with Gasteiger partial charge in [-0.05, 0) is 67.5 Å². The molecule has 1 aromatic carbocycles. The van der Waals surface area contributed by atoms with E-state index in [9.17, 15) is 14.3 Å². The number of nitrogens with zero attached hydrogens (tertiary/aromatic N) is 2. The van der Waals surface area contributed by atoms with Crippen LogP contribution in [0.25, 0.3) is 0 Å². The minimum atomic E-state index is -0.970. The van der Waals surface area contributed by atoms with E-state index in [1.807, 2.05) is 6.07 Å². The zero-order chi connectivity index (χ0) is 22.5. The van der Waals surface area contributed by atoms with Gasteiger partial charge in [-0.3, -0.25) is 9.89 Å². The SMILES string of the molecule is COc1ccc([C@H](CC(=O)O)c2cc(CCCc3ccc4c(n3)NCCC4)[nH]n2)cc1F. The Morgan fingerprint density at radius 1 is 1.25 bits per heavy atom. The molecule has 168 valence electrons. The molecule has 4 rings (SSSR count). The van der Waals surface area contributed by atoms with Crippen molar-refractivity contribution in [2.45, 2.75) is 44.4 Å². The van der Waals surface area contributed by atoms with Gasteiger partial charge in [0, 0.05) is 23.9 Å². The van der Waals surface area contributed by atoms with Crippen LogP contribution in [-0.2, 0) is 24.1 Å². The summed E-state index contributed by atoms with van der Waals surface area (Å²) in [6.45, 7) is 0.968. The van der Waals surface area contributed by atoms with Gasteiger partial charge in [0.15, 0.2) is 11.6 Å². The normalized spacial score (nSPS) is 13.8. The summed E-state index contributed by atoms with van der Waals surface area (Å²) in [5.74, 6) is -0.922. The molecule has 1 aliphatic rings. The van der Waals surface area contributed by atoms with Crippen LogP contribution in [0.4, 0.5) is 10.2 Å². The van der Waals surface area contributed by atoms with Crippen LogP contribution in [0.5, 0.6) is 5.75 Å². The molecular formula is C24H27FN4O3. The Balaban J connectivity index is 1.42. The number of rotatable bonds is 9. The molecular weight excluding hydrogens is 411 g/mol. The van der Waals surface area contributed by atoms with Gasteiger partial charge in [0.05, 0.1) is 19.2 Å². The summed E-state index contributed by atoms with van der Waals surface area (Å²) in [5.41, 5.74) is 4.38. The first-order valence-corrected chi connectivity index (χ1v) is 10.9. The van der Waals surface area contributed by atoms with E-state index >= 15 is 0 Å². The van der Waals surface area contributed by atoms with Gasteiger partial charge in [-0.15, -0.1) is 0 Å². The number of aryl methyl sites for hydroxylation is 3. The van der Waals surface area contributed by atoms with Crippen molar-refractivity contribution in [3.05, 3.63) is 70.4 Å². The van der Waals surface area contributed by atoms with Crippen LogP contribution in [0.2, 0.25) is 0 Å². The predicted octanol–water partition coefficient (Wildman–Crippen LogP) is 4.09. The van der Waals surface area contributed by atoms with Crippen LogP contribution in [0.3, 0.4) is 0 Å². The van der Waals surface area contributed by atoms with Gasteiger partial charge in [0.25, 0.3) is 0 Å². The lowest BCUT2D eigenvalue weighted by molar-refractivity contribution is -0.137. The maximum Gasteiger partial charge on any atom is 0.304 e. The number of aliphatic carboxylic acids is 1. The van der Waals surface area contributed by atoms with Crippen molar-refractivity contribution in [2.24, 2.45) is 0 Å². The lowest BCUT2D eigenvalue weighted by Gasteiger charge is -2.17.